The molecule has 3 aromatic rings. The van der Waals surface area contributed by atoms with Gasteiger partial charge in [-0.3, -0.25) is 0 Å². The van der Waals surface area contributed by atoms with Crippen LogP contribution in [0.5, 0.6) is 5.75 Å². The number of hydrogen-bond donors (Lipinski definition) is 2. The van der Waals surface area contributed by atoms with E-state index in [9.17, 15) is 0 Å². The third kappa shape index (κ3) is 4.30. The van der Waals surface area contributed by atoms with E-state index in [0.29, 0.717) is 11.9 Å². The summed E-state index contributed by atoms with van der Waals surface area (Å²) in [6.07, 6.45) is 0. The Bertz CT molecular complexity index is 893. The number of methoxy groups -OCH3 is 1. The molecule has 0 bridgehead atoms. The highest BCUT2D eigenvalue weighted by atomic mass is 16.5. The molecular weight excluding hydrogens is 324 g/mol. The van der Waals surface area contributed by atoms with Crippen LogP contribution in [0.3, 0.4) is 0 Å². The van der Waals surface area contributed by atoms with E-state index in [1.165, 1.54) is 5.56 Å². The predicted octanol–water partition coefficient (Wildman–Crippen LogP) is 5.40. The molecule has 0 aliphatic rings. The van der Waals surface area contributed by atoms with Gasteiger partial charge in [0.1, 0.15) is 11.6 Å². The third-order valence-electron chi connectivity index (χ3n) is 4.03. The fraction of sp³-hybridized carbons (Fsp3) is 0.238. The van der Waals surface area contributed by atoms with Gasteiger partial charge in [-0.25, -0.2) is 4.98 Å². The molecule has 3 rings (SSSR count). The highest BCUT2D eigenvalue weighted by molar-refractivity contribution is 5.63. The lowest BCUT2D eigenvalue weighted by Gasteiger charge is -2.15. The molecule has 0 aliphatic carbocycles. The second-order valence-corrected chi connectivity index (χ2v) is 6.44. The molecule has 0 atom stereocenters. The Morgan fingerprint density at radius 1 is 0.923 bits per heavy atom. The molecule has 5 nitrogen and oxygen atoms in total. The van der Waals surface area contributed by atoms with E-state index >= 15 is 0 Å². The largest absolute Gasteiger partial charge is 0.497 e. The van der Waals surface area contributed by atoms with Crippen LogP contribution in [0.25, 0.3) is 0 Å². The zero-order valence-electron chi connectivity index (χ0n) is 15.6. The van der Waals surface area contributed by atoms with Crippen molar-refractivity contribution in [1.29, 1.82) is 0 Å². The zero-order valence-corrected chi connectivity index (χ0v) is 15.6. The number of anilines is 4. The van der Waals surface area contributed by atoms with E-state index < -0.39 is 0 Å². The molecular formula is C21H24N4O. The monoisotopic (exact) mass is 348 g/mol. The molecule has 0 radical (unpaired) electrons. The number of benzene rings is 2. The minimum atomic E-state index is 0.415. The molecule has 2 aromatic carbocycles. The van der Waals surface area contributed by atoms with E-state index in [0.717, 1.165) is 28.6 Å². The maximum absolute atomic E-state index is 5.27. The van der Waals surface area contributed by atoms with Crippen LogP contribution >= 0.6 is 0 Å². The third-order valence-corrected chi connectivity index (χ3v) is 4.03. The lowest BCUT2D eigenvalue weighted by Crippen LogP contribution is -2.04. The first-order valence-electron chi connectivity index (χ1n) is 8.68. The van der Waals surface area contributed by atoms with Gasteiger partial charge in [0.2, 0.25) is 5.95 Å². The Morgan fingerprint density at radius 3 is 2.50 bits per heavy atom. The summed E-state index contributed by atoms with van der Waals surface area (Å²) in [6.45, 7) is 6.30. The van der Waals surface area contributed by atoms with E-state index in [-0.39, 0.29) is 0 Å². The quantitative estimate of drug-likeness (QED) is 0.624. The Hall–Kier alpha value is -3.08. The summed E-state index contributed by atoms with van der Waals surface area (Å²) in [5, 5.41) is 6.67. The molecule has 1 aromatic heterocycles. The summed E-state index contributed by atoms with van der Waals surface area (Å²) < 4.78 is 5.27. The lowest BCUT2D eigenvalue weighted by atomic mass is 10.0. The molecule has 0 unspecified atom stereocenters. The van der Waals surface area contributed by atoms with E-state index in [1.807, 2.05) is 49.4 Å². The van der Waals surface area contributed by atoms with Gasteiger partial charge in [-0.15, -0.1) is 0 Å². The minimum Gasteiger partial charge on any atom is -0.497 e. The van der Waals surface area contributed by atoms with Gasteiger partial charge in [0.25, 0.3) is 0 Å². The maximum Gasteiger partial charge on any atom is 0.229 e. The molecule has 134 valence electrons. The number of nitrogens with zero attached hydrogens (tertiary/aromatic N) is 2. The summed E-state index contributed by atoms with van der Waals surface area (Å²) in [5.74, 6) is 2.52. The number of hydrogen-bond acceptors (Lipinski definition) is 5. The number of nitrogens with one attached hydrogen (secondary N) is 2. The summed E-state index contributed by atoms with van der Waals surface area (Å²) in [6, 6.07) is 17.9. The minimum absolute atomic E-state index is 0.415. The Labute approximate surface area is 154 Å². The van der Waals surface area contributed by atoms with Crippen LogP contribution in [0.1, 0.15) is 31.0 Å². The smallest absolute Gasteiger partial charge is 0.229 e. The summed E-state index contributed by atoms with van der Waals surface area (Å²) in [5.41, 5.74) is 4.06. The predicted molar refractivity (Wildman–Crippen MR) is 107 cm³/mol. The lowest BCUT2D eigenvalue weighted by molar-refractivity contribution is 0.415. The zero-order chi connectivity index (χ0) is 18.5. The highest BCUT2D eigenvalue weighted by Crippen LogP contribution is 2.27. The van der Waals surface area contributed by atoms with Crippen LogP contribution < -0.4 is 15.4 Å². The van der Waals surface area contributed by atoms with Gasteiger partial charge < -0.3 is 15.4 Å². The van der Waals surface area contributed by atoms with Crippen molar-refractivity contribution in [1.82, 2.24) is 9.97 Å². The van der Waals surface area contributed by atoms with Crippen LogP contribution in [0.2, 0.25) is 0 Å². The van der Waals surface area contributed by atoms with Gasteiger partial charge in [-0.1, -0.05) is 38.1 Å². The van der Waals surface area contributed by atoms with Crippen molar-refractivity contribution in [2.24, 2.45) is 0 Å². The number of aromatic nitrogens is 2. The number of aryl methyl sites for hydroxylation is 1. The fourth-order valence-corrected chi connectivity index (χ4v) is 2.77. The summed E-state index contributed by atoms with van der Waals surface area (Å²) in [7, 11) is 1.65. The van der Waals surface area contributed by atoms with Crippen molar-refractivity contribution < 1.29 is 4.74 Å². The second-order valence-electron chi connectivity index (χ2n) is 6.44. The molecule has 5 heteroatoms. The standard InChI is InChI=1S/C21H24N4O/c1-14(2)18-10-5-6-11-19(18)24-21-22-15(3)12-20(25-21)23-16-8-7-9-17(13-16)26-4/h5-14H,1-4H3,(H2,22,23,24,25). The van der Waals surface area contributed by atoms with Gasteiger partial charge in [0.15, 0.2) is 0 Å². The van der Waals surface area contributed by atoms with Crippen molar-refractivity contribution >= 4 is 23.1 Å². The Kier molecular flexibility index (Phi) is 5.37. The Balaban J connectivity index is 1.86. The van der Waals surface area contributed by atoms with Crippen molar-refractivity contribution in [3.8, 4) is 5.75 Å². The summed E-state index contributed by atoms with van der Waals surface area (Å²) >= 11 is 0. The molecule has 0 spiro atoms. The highest BCUT2D eigenvalue weighted by Gasteiger charge is 2.09. The first-order valence-corrected chi connectivity index (χ1v) is 8.68. The van der Waals surface area contributed by atoms with Crippen LogP contribution in [-0.2, 0) is 0 Å². The number of para-hydroxylation sites is 1. The van der Waals surface area contributed by atoms with Gasteiger partial charge in [-0.05, 0) is 36.6 Å². The topological polar surface area (TPSA) is 59.1 Å². The van der Waals surface area contributed by atoms with Crippen LogP contribution in [-0.4, -0.2) is 17.1 Å². The molecule has 26 heavy (non-hydrogen) atoms. The van der Waals surface area contributed by atoms with Crippen molar-refractivity contribution in [2.75, 3.05) is 17.7 Å². The number of rotatable bonds is 6. The normalized spacial score (nSPS) is 10.7. The molecule has 1 heterocycles. The summed E-state index contributed by atoms with van der Waals surface area (Å²) in [4.78, 5) is 9.12. The van der Waals surface area contributed by atoms with Gasteiger partial charge in [0, 0.05) is 29.2 Å². The molecule has 2 N–H and O–H groups in total. The average molecular weight is 348 g/mol. The van der Waals surface area contributed by atoms with Gasteiger partial charge >= 0.3 is 0 Å². The van der Waals surface area contributed by atoms with E-state index in [2.05, 4.69) is 46.6 Å². The van der Waals surface area contributed by atoms with Crippen molar-refractivity contribution in [3.05, 3.63) is 65.9 Å². The van der Waals surface area contributed by atoms with Crippen LogP contribution in [0, 0.1) is 6.92 Å². The van der Waals surface area contributed by atoms with E-state index in [1.54, 1.807) is 7.11 Å². The molecule has 0 saturated heterocycles. The molecule has 0 fully saturated rings. The maximum atomic E-state index is 5.27. The molecule has 0 saturated carbocycles. The first kappa shape index (κ1) is 17.7. The first-order chi connectivity index (χ1) is 12.5. The van der Waals surface area contributed by atoms with Crippen molar-refractivity contribution in [2.45, 2.75) is 26.7 Å². The average Bonchev–Trinajstić information content (AvgIpc) is 2.61. The Morgan fingerprint density at radius 2 is 1.73 bits per heavy atom. The van der Waals surface area contributed by atoms with E-state index in [4.69, 9.17) is 4.74 Å². The second kappa shape index (κ2) is 7.87. The van der Waals surface area contributed by atoms with Crippen LogP contribution in [0.15, 0.2) is 54.6 Å². The fourth-order valence-electron chi connectivity index (χ4n) is 2.77. The van der Waals surface area contributed by atoms with Crippen LogP contribution in [0.4, 0.5) is 23.1 Å². The SMILES string of the molecule is COc1cccc(Nc2cc(C)nc(Nc3ccccc3C(C)C)n2)c1. The number of ether oxygens (including phenoxy) is 1. The van der Waals surface area contributed by atoms with Crippen molar-refractivity contribution in [3.63, 3.8) is 0 Å². The van der Waals surface area contributed by atoms with Gasteiger partial charge in [-0.2, -0.15) is 4.98 Å². The van der Waals surface area contributed by atoms with Gasteiger partial charge in [0.05, 0.1) is 7.11 Å². The molecule has 0 amide bonds. The molecule has 0 aliphatic heterocycles.